The molecule has 1 heterocycles. The number of hydrogen-bond acceptors (Lipinski definition) is 3. The van der Waals surface area contributed by atoms with Crippen LogP contribution in [0.1, 0.15) is 58.0 Å². The number of amides is 1. The third kappa shape index (κ3) is 5.75. The highest BCUT2D eigenvalue weighted by atomic mass is 16.5. The molecule has 2 aromatic carbocycles. The van der Waals surface area contributed by atoms with E-state index in [0.717, 1.165) is 42.0 Å². The Bertz CT molecular complexity index is 1030. The summed E-state index contributed by atoms with van der Waals surface area (Å²) < 4.78 is 8.13. The van der Waals surface area contributed by atoms with E-state index >= 15 is 0 Å². The van der Waals surface area contributed by atoms with E-state index in [4.69, 9.17) is 9.72 Å². The number of fused-ring (bicyclic) bond motifs is 1. The first kappa shape index (κ1) is 22.6. The van der Waals surface area contributed by atoms with Crippen LogP contribution in [0.3, 0.4) is 0 Å². The summed E-state index contributed by atoms with van der Waals surface area (Å²) >= 11 is 0. The topological polar surface area (TPSA) is 56.2 Å². The highest BCUT2D eigenvalue weighted by molar-refractivity contribution is 5.87. The number of ether oxygens (including phenoxy) is 1. The summed E-state index contributed by atoms with van der Waals surface area (Å²) in [4.78, 5) is 16.5. The Morgan fingerprint density at radius 3 is 2.55 bits per heavy atom. The van der Waals surface area contributed by atoms with Crippen LogP contribution in [0.15, 0.2) is 61.2 Å². The number of hydrogen-bond donors (Lipinski definition) is 1. The third-order valence-electron chi connectivity index (χ3n) is 5.38. The Morgan fingerprint density at radius 1 is 1.16 bits per heavy atom. The number of benzene rings is 2. The Labute approximate surface area is 185 Å². The minimum Gasteiger partial charge on any atom is -0.494 e. The molecule has 0 fully saturated rings. The summed E-state index contributed by atoms with van der Waals surface area (Å²) in [6, 6.07) is 16.2. The first-order valence-corrected chi connectivity index (χ1v) is 10.9. The van der Waals surface area contributed by atoms with Gasteiger partial charge in [0.15, 0.2) is 0 Å². The average Bonchev–Trinajstić information content (AvgIpc) is 3.12. The maximum atomic E-state index is 11.7. The van der Waals surface area contributed by atoms with Crippen LogP contribution >= 0.6 is 0 Å². The molecule has 5 heteroatoms. The van der Waals surface area contributed by atoms with Crippen molar-refractivity contribution in [3.8, 4) is 5.75 Å². The van der Waals surface area contributed by atoms with Gasteiger partial charge in [0.1, 0.15) is 11.6 Å². The van der Waals surface area contributed by atoms with Gasteiger partial charge in [-0.15, -0.1) is 0 Å². The number of aromatic nitrogens is 2. The van der Waals surface area contributed by atoms with Crippen molar-refractivity contribution in [1.29, 1.82) is 0 Å². The van der Waals surface area contributed by atoms with Crippen LogP contribution in [0.2, 0.25) is 0 Å². The van der Waals surface area contributed by atoms with Crippen molar-refractivity contribution in [2.45, 2.75) is 58.5 Å². The molecule has 3 rings (SSSR count). The summed E-state index contributed by atoms with van der Waals surface area (Å²) in [5.74, 6) is 1.56. The van der Waals surface area contributed by atoms with Crippen LogP contribution < -0.4 is 10.1 Å². The van der Waals surface area contributed by atoms with Crippen LogP contribution in [-0.4, -0.2) is 22.1 Å². The van der Waals surface area contributed by atoms with Gasteiger partial charge in [0, 0.05) is 6.54 Å². The van der Waals surface area contributed by atoms with Gasteiger partial charge in [-0.2, -0.15) is 0 Å². The highest BCUT2D eigenvalue weighted by Crippen LogP contribution is 2.25. The van der Waals surface area contributed by atoms with Crippen molar-refractivity contribution < 1.29 is 9.53 Å². The van der Waals surface area contributed by atoms with E-state index in [1.807, 2.05) is 37.3 Å². The van der Waals surface area contributed by atoms with Crippen molar-refractivity contribution >= 4 is 16.9 Å². The summed E-state index contributed by atoms with van der Waals surface area (Å²) in [5.41, 5.74) is 3.46. The van der Waals surface area contributed by atoms with Gasteiger partial charge >= 0.3 is 0 Å². The second-order valence-electron chi connectivity index (χ2n) is 8.87. The van der Waals surface area contributed by atoms with Gasteiger partial charge in [-0.3, -0.25) is 4.79 Å². The Morgan fingerprint density at radius 2 is 1.87 bits per heavy atom. The molecule has 0 saturated heterocycles. The molecule has 0 aliphatic rings. The minimum absolute atomic E-state index is 0.145. The number of carbonyl (C=O) groups is 1. The molecular weight excluding hydrogens is 386 g/mol. The standard InChI is InChI=1S/C26H33N3O2/c1-6-24(30)27-19(2)25-28-22-11-7-8-12-23(22)29(25)17-9-10-18-31-21-15-13-20(14-16-21)26(3,4)5/h6-8,11-16,19H,1,9-10,17-18H2,2-5H3,(H,27,30). The van der Waals surface area contributed by atoms with Gasteiger partial charge in [-0.05, 0) is 61.1 Å². The fourth-order valence-electron chi connectivity index (χ4n) is 3.61. The maximum Gasteiger partial charge on any atom is 0.243 e. The van der Waals surface area contributed by atoms with E-state index in [-0.39, 0.29) is 17.4 Å². The molecule has 1 aromatic heterocycles. The number of nitrogens with zero attached hydrogens (tertiary/aromatic N) is 2. The van der Waals surface area contributed by atoms with Crippen LogP contribution in [0.4, 0.5) is 0 Å². The van der Waals surface area contributed by atoms with E-state index < -0.39 is 0 Å². The molecule has 1 unspecified atom stereocenters. The van der Waals surface area contributed by atoms with E-state index in [1.54, 1.807) is 0 Å². The first-order chi connectivity index (χ1) is 14.8. The second-order valence-corrected chi connectivity index (χ2v) is 8.87. The Kier molecular flexibility index (Phi) is 7.16. The summed E-state index contributed by atoms with van der Waals surface area (Å²) in [5, 5.41) is 2.92. The fourth-order valence-corrected chi connectivity index (χ4v) is 3.61. The molecule has 0 spiro atoms. The molecule has 5 nitrogen and oxygen atoms in total. The molecule has 1 amide bonds. The summed E-state index contributed by atoms with van der Waals surface area (Å²) in [6.45, 7) is 13.6. The summed E-state index contributed by atoms with van der Waals surface area (Å²) in [7, 11) is 0. The van der Waals surface area contributed by atoms with Crippen molar-refractivity contribution in [3.05, 3.63) is 72.6 Å². The van der Waals surface area contributed by atoms with Crippen LogP contribution in [0.25, 0.3) is 11.0 Å². The molecule has 0 radical (unpaired) electrons. The van der Waals surface area contributed by atoms with E-state index in [2.05, 4.69) is 55.4 Å². The zero-order valence-corrected chi connectivity index (χ0v) is 19.0. The minimum atomic E-state index is -0.199. The van der Waals surface area contributed by atoms with E-state index in [1.165, 1.54) is 11.6 Å². The largest absolute Gasteiger partial charge is 0.494 e. The van der Waals surface area contributed by atoms with Gasteiger partial charge in [-0.25, -0.2) is 4.98 Å². The summed E-state index contributed by atoms with van der Waals surface area (Å²) in [6.07, 6.45) is 3.17. The van der Waals surface area contributed by atoms with Crippen molar-refractivity contribution in [3.63, 3.8) is 0 Å². The zero-order valence-electron chi connectivity index (χ0n) is 19.0. The lowest BCUT2D eigenvalue weighted by Gasteiger charge is -2.19. The first-order valence-electron chi connectivity index (χ1n) is 10.9. The van der Waals surface area contributed by atoms with Crippen LogP contribution in [0.5, 0.6) is 5.75 Å². The number of imidazole rings is 1. The molecule has 0 aliphatic carbocycles. The molecule has 3 aromatic rings. The molecule has 1 atom stereocenters. The van der Waals surface area contributed by atoms with Gasteiger partial charge in [-0.1, -0.05) is 51.6 Å². The number of unbranched alkanes of at least 4 members (excludes halogenated alkanes) is 1. The third-order valence-corrected chi connectivity index (χ3v) is 5.38. The lowest BCUT2D eigenvalue weighted by Crippen LogP contribution is -2.27. The smallest absolute Gasteiger partial charge is 0.243 e. The monoisotopic (exact) mass is 419 g/mol. The second kappa shape index (κ2) is 9.82. The molecule has 164 valence electrons. The van der Waals surface area contributed by atoms with Crippen LogP contribution in [-0.2, 0) is 16.8 Å². The Balaban J connectivity index is 1.59. The average molecular weight is 420 g/mol. The molecule has 0 bridgehead atoms. The van der Waals surface area contributed by atoms with Crippen molar-refractivity contribution in [2.75, 3.05) is 6.61 Å². The zero-order chi connectivity index (χ0) is 22.4. The van der Waals surface area contributed by atoms with E-state index in [9.17, 15) is 4.79 Å². The maximum absolute atomic E-state index is 11.7. The van der Waals surface area contributed by atoms with Gasteiger partial charge in [0.05, 0.1) is 23.7 Å². The molecular formula is C26H33N3O2. The predicted molar refractivity (Wildman–Crippen MR) is 126 cm³/mol. The molecule has 0 saturated carbocycles. The van der Waals surface area contributed by atoms with Gasteiger partial charge < -0.3 is 14.6 Å². The lowest BCUT2D eigenvalue weighted by atomic mass is 9.87. The highest BCUT2D eigenvalue weighted by Gasteiger charge is 2.17. The molecule has 1 N–H and O–H groups in total. The van der Waals surface area contributed by atoms with Crippen molar-refractivity contribution in [1.82, 2.24) is 14.9 Å². The lowest BCUT2D eigenvalue weighted by molar-refractivity contribution is -0.117. The van der Waals surface area contributed by atoms with E-state index in [0.29, 0.717) is 6.61 Å². The van der Waals surface area contributed by atoms with Crippen LogP contribution in [0, 0.1) is 0 Å². The fraction of sp³-hybridized carbons (Fsp3) is 0.385. The normalized spacial score (nSPS) is 12.5. The predicted octanol–water partition coefficient (Wildman–Crippen LogP) is 5.56. The molecule has 31 heavy (non-hydrogen) atoms. The number of aryl methyl sites for hydroxylation is 1. The van der Waals surface area contributed by atoms with Gasteiger partial charge in [0.25, 0.3) is 0 Å². The quantitative estimate of drug-likeness (QED) is 0.365. The number of para-hydroxylation sites is 2. The molecule has 0 aliphatic heterocycles. The SMILES string of the molecule is C=CC(=O)NC(C)c1nc2ccccc2n1CCCCOc1ccc(C(C)(C)C)cc1. The van der Waals surface area contributed by atoms with Crippen molar-refractivity contribution in [2.24, 2.45) is 0 Å². The number of nitrogens with one attached hydrogen (secondary N) is 1. The van der Waals surface area contributed by atoms with Gasteiger partial charge in [0.2, 0.25) is 5.91 Å². The number of rotatable bonds is 9. The number of carbonyl (C=O) groups excluding carboxylic acids is 1. The Hall–Kier alpha value is -3.08.